The highest BCUT2D eigenvalue weighted by Gasteiger charge is 2.28. The van der Waals surface area contributed by atoms with Crippen molar-refractivity contribution >= 4 is 17.5 Å². The minimum atomic E-state index is -0.0438. The second-order valence-corrected chi connectivity index (χ2v) is 7.33. The number of likely N-dealkylation sites (tertiary alicyclic amines) is 1. The number of hydrogen-bond donors (Lipinski definition) is 1. The summed E-state index contributed by atoms with van der Waals surface area (Å²) in [6.45, 7) is 6.70. The minimum absolute atomic E-state index is 0.0139. The smallest absolute Gasteiger partial charge is 0.227 e. The zero-order valence-electron chi connectivity index (χ0n) is 15.1. The van der Waals surface area contributed by atoms with Crippen LogP contribution in [0.5, 0.6) is 0 Å². The predicted molar refractivity (Wildman–Crippen MR) is 94.0 cm³/mol. The van der Waals surface area contributed by atoms with Crippen LogP contribution in [0.1, 0.15) is 39.5 Å². The van der Waals surface area contributed by atoms with Crippen LogP contribution >= 0.6 is 0 Å². The Bertz CT molecular complexity index is 599. The maximum absolute atomic E-state index is 12.5. The number of carbonyl (C=O) groups is 2. The summed E-state index contributed by atoms with van der Waals surface area (Å²) >= 11 is 0. The molecule has 1 atom stereocenters. The highest BCUT2D eigenvalue weighted by Crippen LogP contribution is 2.21. The van der Waals surface area contributed by atoms with E-state index in [-0.39, 0.29) is 29.8 Å². The fraction of sp³-hybridized carbons (Fsp3) is 0.722. The van der Waals surface area contributed by atoms with Crippen molar-refractivity contribution in [1.82, 2.24) is 14.7 Å². The molecule has 0 bridgehead atoms. The summed E-state index contributed by atoms with van der Waals surface area (Å²) in [7, 11) is 0. The molecular formula is C18H28N4O3. The zero-order valence-corrected chi connectivity index (χ0v) is 15.1. The van der Waals surface area contributed by atoms with E-state index in [0.29, 0.717) is 25.9 Å². The lowest BCUT2D eigenvalue weighted by Gasteiger charge is -2.32. The Morgan fingerprint density at radius 2 is 2.08 bits per heavy atom. The van der Waals surface area contributed by atoms with Crippen LogP contribution in [0.3, 0.4) is 0 Å². The number of nitrogens with zero attached hydrogens (tertiary/aromatic N) is 3. The van der Waals surface area contributed by atoms with Crippen LogP contribution in [0.25, 0.3) is 0 Å². The first kappa shape index (κ1) is 17.9. The molecule has 25 heavy (non-hydrogen) atoms. The summed E-state index contributed by atoms with van der Waals surface area (Å²) in [5.74, 6) is 0.167. The minimum Gasteiger partial charge on any atom is -0.376 e. The third kappa shape index (κ3) is 4.60. The molecule has 2 aliphatic heterocycles. The van der Waals surface area contributed by atoms with Crippen LogP contribution in [0.15, 0.2) is 12.4 Å². The number of hydrogen-bond acceptors (Lipinski definition) is 4. The Hall–Kier alpha value is -1.89. The van der Waals surface area contributed by atoms with Crippen molar-refractivity contribution in [1.29, 1.82) is 0 Å². The van der Waals surface area contributed by atoms with Crippen LogP contribution < -0.4 is 5.32 Å². The van der Waals surface area contributed by atoms with E-state index in [4.69, 9.17) is 4.74 Å². The van der Waals surface area contributed by atoms with Gasteiger partial charge in [0.25, 0.3) is 0 Å². The molecular weight excluding hydrogens is 320 g/mol. The lowest BCUT2D eigenvalue weighted by atomic mass is 9.95. The molecule has 0 saturated carbocycles. The van der Waals surface area contributed by atoms with Gasteiger partial charge in [-0.1, -0.05) is 13.8 Å². The van der Waals surface area contributed by atoms with Gasteiger partial charge in [0.15, 0.2) is 0 Å². The molecule has 3 rings (SSSR count). The van der Waals surface area contributed by atoms with Crippen molar-refractivity contribution in [2.45, 2.75) is 52.2 Å². The average Bonchev–Trinajstić information content (AvgIpc) is 3.27. The van der Waals surface area contributed by atoms with Crippen molar-refractivity contribution in [3.05, 3.63) is 12.4 Å². The number of carbonyl (C=O) groups excluding carboxylic acids is 2. The van der Waals surface area contributed by atoms with E-state index in [0.717, 1.165) is 31.7 Å². The molecule has 1 aromatic rings. The Morgan fingerprint density at radius 3 is 2.72 bits per heavy atom. The van der Waals surface area contributed by atoms with Crippen LogP contribution in [-0.2, 0) is 20.9 Å². The summed E-state index contributed by atoms with van der Waals surface area (Å²) in [6, 6.07) is 0. The van der Waals surface area contributed by atoms with E-state index in [1.807, 2.05) is 29.6 Å². The standard InChI is InChI=1S/C18H28N4O3/c1-13(2)18(24)21-7-5-14(6-8-21)17(23)20-15-10-19-22(11-15)12-16-4-3-9-25-16/h10-11,13-14,16H,3-9,12H2,1-2H3,(H,20,23). The summed E-state index contributed by atoms with van der Waals surface area (Å²) in [4.78, 5) is 26.3. The Kier molecular flexibility index (Phi) is 5.73. The van der Waals surface area contributed by atoms with Crippen molar-refractivity contribution in [3.63, 3.8) is 0 Å². The van der Waals surface area contributed by atoms with Crippen LogP contribution in [0.2, 0.25) is 0 Å². The van der Waals surface area contributed by atoms with E-state index >= 15 is 0 Å². The van der Waals surface area contributed by atoms with Crippen LogP contribution in [0.4, 0.5) is 5.69 Å². The Morgan fingerprint density at radius 1 is 1.32 bits per heavy atom. The van der Waals surface area contributed by atoms with Crippen molar-refractivity contribution in [2.75, 3.05) is 25.0 Å². The average molecular weight is 348 g/mol. The van der Waals surface area contributed by atoms with Gasteiger partial charge in [-0.15, -0.1) is 0 Å². The molecule has 2 fully saturated rings. The molecule has 2 aliphatic rings. The summed E-state index contributed by atoms with van der Waals surface area (Å²) < 4.78 is 7.44. The molecule has 2 saturated heterocycles. The normalized spacial score (nSPS) is 21.7. The molecule has 1 aromatic heterocycles. The number of anilines is 1. The largest absolute Gasteiger partial charge is 0.376 e. The number of aromatic nitrogens is 2. The first-order valence-corrected chi connectivity index (χ1v) is 9.26. The molecule has 2 amide bonds. The first-order valence-electron chi connectivity index (χ1n) is 9.26. The quantitative estimate of drug-likeness (QED) is 0.882. The van der Waals surface area contributed by atoms with Gasteiger partial charge >= 0.3 is 0 Å². The third-order valence-corrected chi connectivity index (χ3v) is 4.99. The van der Waals surface area contributed by atoms with Gasteiger partial charge in [0.1, 0.15) is 0 Å². The molecule has 0 aliphatic carbocycles. The van der Waals surface area contributed by atoms with E-state index in [1.54, 1.807) is 6.20 Å². The van der Waals surface area contributed by atoms with Gasteiger partial charge in [-0.3, -0.25) is 14.3 Å². The molecule has 0 aromatic carbocycles. The highest BCUT2D eigenvalue weighted by atomic mass is 16.5. The van der Waals surface area contributed by atoms with E-state index in [1.165, 1.54) is 0 Å². The van der Waals surface area contributed by atoms with Gasteiger partial charge < -0.3 is 15.0 Å². The topological polar surface area (TPSA) is 76.5 Å². The fourth-order valence-corrected chi connectivity index (χ4v) is 3.50. The molecule has 7 nitrogen and oxygen atoms in total. The number of ether oxygens (including phenoxy) is 1. The maximum Gasteiger partial charge on any atom is 0.227 e. The van der Waals surface area contributed by atoms with E-state index in [9.17, 15) is 9.59 Å². The third-order valence-electron chi connectivity index (χ3n) is 4.99. The predicted octanol–water partition coefficient (Wildman–Crippen LogP) is 1.90. The Labute approximate surface area is 148 Å². The van der Waals surface area contributed by atoms with Crippen molar-refractivity contribution in [2.24, 2.45) is 11.8 Å². The summed E-state index contributed by atoms with van der Waals surface area (Å²) in [5.41, 5.74) is 0.726. The van der Waals surface area contributed by atoms with Gasteiger partial charge in [0, 0.05) is 37.7 Å². The maximum atomic E-state index is 12.5. The lowest BCUT2D eigenvalue weighted by molar-refractivity contribution is -0.137. The van der Waals surface area contributed by atoms with Gasteiger partial charge in [-0.25, -0.2) is 0 Å². The monoisotopic (exact) mass is 348 g/mol. The Balaban J connectivity index is 1.46. The highest BCUT2D eigenvalue weighted by molar-refractivity contribution is 5.92. The summed E-state index contributed by atoms with van der Waals surface area (Å²) in [5, 5.41) is 7.26. The van der Waals surface area contributed by atoms with Gasteiger partial charge in [-0.2, -0.15) is 5.10 Å². The van der Waals surface area contributed by atoms with Crippen LogP contribution in [-0.4, -0.2) is 52.3 Å². The molecule has 1 unspecified atom stereocenters. The van der Waals surface area contributed by atoms with Crippen molar-refractivity contribution in [3.8, 4) is 0 Å². The van der Waals surface area contributed by atoms with Gasteiger partial charge in [0.05, 0.1) is 24.5 Å². The number of amides is 2. The second kappa shape index (κ2) is 7.99. The molecule has 138 valence electrons. The zero-order chi connectivity index (χ0) is 17.8. The number of nitrogens with one attached hydrogen (secondary N) is 1. The van der Waals surface area contributed by atoms with Crippen molar-refractivity contribution < 1.29 is 14.3 Å². The van der Waals surface area contributed by atoms with Gasteiger partial charge in [0.2, 0.25) is 11.8 Å². The second-order valence-electron chi connectivity index (χ2n) is 7.33. The van der Waals surface area contributed by atoms with E-state index in [2.05, 4.69) is 10.4 Å². The molecule has 1 N–H and O–H groups in total. The lowest BCUT2D eigenvalue weighted by Crippen LogP contribution is -2.43. The fourth-order valence-electron chi connectivity index (χ4n) is 3.50. The SMILES string of the molecule is CC(C)C(=O)N1CCC(C(=O)Nc2cnn(CC3CCCO3)c2)CC1. The van der Waals surface area contributed by atoms with Crippen LogP contribution in [0, 0.1) is 11.8 Å². The summed E-state index contributed by atoms with van der Waals surface area (Å²) in [6.07, 6.45) is 7.37. The number of piperidine rings is 1. The molecule has 3 heterocycles. The first-order chi connectivity index (χ1) is 12.0. The number of rotatable bonds is 5. The van der Waals surface area contributed by atoms with Gasteiger partial charge in [-0.05, 0) is 25.7 Å². The molecule has 0 radical (unpaired) electrons. The molecule has 0 spiro atoms. The molecule has 7 heteroatoms. The van der Waals surface area contributed by atoms with E-state index < -0.39 is 0 Å².